The molecular formula is C15H17NO. The van der Waals surface area contributed by atoms with E-state index in [1.54, 1.807) is 12.4 Å². The minimum absolute atomic E-state index is 0.454. The predicted molar refractivity (Wildman–Crippen MR) is 68.7 cm³/mol. The first-order valence-electron chi connectivity index (χ1n) is 5.95. The van der Waals surface area contributed by atoms with Crippen molar-refractivity contribution in [2.24, 2.45) is 0 Å². The quantitative estimate of drug-likeness (QED) is 0.871. The molecule has 1 heterocycles. The van der Waals surface area contributed by atoms with Crippen LogP contribution in [0.15, 0.2) is 48.8 Å². The number of aliphatic hydroxyl groups is 1. The molecule has 0 amide bonds. The third kappa shape index (κ3) is 3.14. The third-order valence-corrected chi connectivity index (χ3v) is 2.92. The van der Waals surface area contributed by atoms with E-state index in [2.05, 4.69) is 24.0 Å². The molecule has 2 aromatic rings. The lowest BCUT2D eigenvalue weighted by molar-refractivity contribution is 0.178. The molecule has 0 aliphatic carbocycles. The van der Waals surface area contributed by atoms with Gasteiger partial charge in [0.15, 0.2) is 0 Å². The summed E-state index contributed by atoms with van der Waals surface area (Å²) in [6.07, 6.45) is 4.72. The maximum atomic E-state index is 10.1. The summed E-state index contributed by atoms with van der Waals surface area (Å²) >= 11 is 0. The number of aryl methyl sites for hydroxylation is 1. The first-order chi connectivity index (χ1) is 8.29. The van der Waals surface area contributed by atoms with Crippen LogP contribution < -0.4 is 0 Å². The van der Waals surface area contributed by atoms with Crippen LogP contribution in [0.5, 0.6) is 0 Å². The molecule has 0 aliphatic rings. The number of hydrogen-bond acceptors (Lipinski definition) is 2. The fourth-order valence-corrected chi connectivity index (χ4v) is 1.84. The van der Waals surface area contributed by atoms with Crippen LogP contribution in [0.4, 0.5) is 0 Å². The molecule has 2 rings (SSSR count). The van der Waals surface area contributed by atoms with Crippen molar-refractivity contribution in [2.75, 3.05) is 0 Å². The maximum absolute atomic E-state index is 10.1. The minimum atomic E-state index is -0.454. The summed E-state index contributed by atoms with van der Waals surface area (Å²) in [6.45, 7) is 2.13. The van der Waals surface area contributed by atoms with Crippen molar-refractivity contribution in [2.45, 2.75) is 25.9 Å². The normalized spacial score (nSPS) is 12.4. The Morgan fingerprint density at radius 1 is 1.12 bits per heavy atom. The second-order valence-electron chi connectivity index (χ2n) is 4.18. The van der Waals surface area contributed by atoms with Crippen LogP contribution in [0, 0.1) is 0 Å². The molecule has 0 radical (unpaired) electrons. The fourth-order valence-electron chi connectivity index (χ4n) is 1.84. The monoisotopic (exact) mass is 227 g/mol. The Kier molecular flexibility index (Phi) is 3.89. The zero-order valence-electron chi connectivity index (χ0n) is 10.0. The highest BCUT2D eigenvalue weighted by Gasteiger charge is 2.08. The molecule has 88 valence electrons. The van der Waals surface area contributed by atoms with Gasteiger partial charge in [-0.1, -0.05) is 37.3 Å². The number of pyridine rings is 1. The summed E-state index contributed by atoms with van der Waals surface area (Å²) in [5.41, 5.74) is 3.31. The van der Waals surface area contributed by atoms with Gasteiger partial charge in [-0.25, -0.2) is 0 Å². The first kappa shape index (κ1) is 11.8. The second-order valence-corrected chi connectivity index (χ2v) is 4.18. The average molecular weight is 227 g/mol. The predicted octanol–water partition coefficient (Wildman–Crippen LogP) is 2.92. The van der Waals surface area contributed by atoms with Crippen molar-refractivity contribution >= 4 is 0 Å². The van der Waals surface area contributed by atoms with Gasteiger partial charge in [-0.2, -0.15) is 0 Å². The maximum Gasteiger partial charge on any atom is 0.0830 e. The van der Waals surface area contributed by atoms with Crippen molar-refractivity contribution < 1.29 is 5.11 Å². The minimum Gasteiger partial charge on any atom is -0.388 e. The molecule has 0 spiro atoms. The molecule has 2 heteroatoms. The smallest absolute Gasteiger partial charge is 0.0830 e. The van der Waals surface area contributed by atoms with E-state index in [1.807, 2.05) is 24.3 Å². The van der Waals surface area contributed by atoms with E-state index in [0.29, 0.717) is 6.42 Å². The van der Waals surface area contributed by atoms with Crippen LogP contribution in [0.1, 0.15) is 29.7 Å². The van der Waals surface area contributed by atoms with Crippen LogP contribution >= 0.6 is 0 Å². The van der Waals surface area contributed by atoms with Crippen LogP contribution in [-0.4, -0.2) is 10.1 Å². The van der Waals surface area contributed by atoms with Gasteiger partial charge in [0.05, 0.1) is 6.10 Å². The molecule has 1 atom stereocenters. The molecule has 0 saturated carbocycles. The number of aromatic nitrogens is 1. The van der Waals surface area contributed by atoms with Gasteiger partial charge in [-0.3, -0.25) is 4.98 Å². The lowest BCUT2D eigenvalue weighted by Crippen LogP contribution is -2.02. The molecule has 1 aromatic heterocycles. The van der Waals surface area contributed by atoms with Crippen LogP contribution in [-0.2, 0) is 12.8 Å². The summed E-state index contributed by atoms with van der Waals surface area (Å²) in [7, 11) is 0. The van der Waals surface area contributed by atoms with Crippen molar-refractivity contribution in [1.82, 2.24) is 4.98 Å². The Hall–Kier alpha value is -1.67. The van der Waals surface area contributed by atoms with Crippen LogP contribution in [0.25, 0.3) is 0 Å². The van der Waals surface area contributed by atoms with E-state index >= 15 is 0 Å². The molecule has 0 fully saturated rings. The van der Waals surface area contributed by atoms with E-state index in [9.17, 15) is 5.11 Å². The molecule has 1 aromatic carbocycles. The standard InChI is InChI=1S/C15H17NO/c1-2-12-5-7-14(8-6-12)15(17)10-13-4-3-9-16-11-13/h3-9,11,15,17H,2,10H2,1H3. The van der Waals surface area contributed by atoms with Crippen molar-refractivity contribution in [3.05, 3.63) is 65.5 Å². The van der Waals surface area contributed by atoms with E-state index in [0.717, 1.165) is 17.5 Å². The zero-order valence-corrected chi connectivity index (χ0v) is 10.0. The number of aliphatic hydroxyl groups excluding tert-OH is 1. The Labute approximate surface area is 102 Å². The molecule has 0 bridgehead atoms. The van der Waals surface area contributed by atoms with E-state index in [1.165, 1.54) is 5.56 Å². The Bertz CT molecular complexity index is 450. The molecular weight excluding hydrogens is 210 g/mol. The topological polar surface area (TPSA) is 33.1 Å². The van der Waals surface area contributed by atoms with Gasteiger partial charge in [-0.05, 0) is 29.2 Å². The highest BCUT2D eigenvalue weighted by atomic mass is 16.3. The zero-order chi connectivity index (χ0) is 12.1. The van der Waals surface area contributed by atoms with Gasteiger partial charge in [0, 0.05) is 18.8 Å². The molecule has 2 nitrogen and oxygen atoms in total. The Balaban J connectivity index is 2.06. The lowest BCUT2D eigenvalue weighted by Gasteiger charge is -2.11. The molecule has 0 aliphatic heterocycles. The Morgan fingerprint density at radius 2 is 1.88 bits per heavy atom. The number of nitrogens with zero attached hydrogens (tertiary/aromatic N) is 1. The molecule has 1 unspecified atom stereocenters. The van der Waals surface area contributed by atoms with Crippen molar-refractivity contribution in [3.63, 3.8) is 0 Å². The van der Waals surface area contributed by atoms with Gasteiger partial charge in [0.2, 0.25) is 0 Å². The number of benzene rings is 1. The van der Waals surface area contributed by atoms with Gasteiger partial charge < -0.3 is 5.11 Å². The van der Waals surface area contributed by atoms with Crippen LogP contribution in [0.3, 0.4) is 0 Å². The summed E-state index contributed by atoms with van der Waals surface area (Å²) in [5, 5.41) is 10.1. The number of rotatable bonds is 4. The molecule has 0 saturated heterocycles. The third-order valence-electron chi connectivity index (χ3n) is 2.92. The molecule has 17 heavy (non-hydrogen) atoms. The number of hydrogen-bond donors (Lipinski definition) is 1. The van der Waals surface area contributed by atoms with Crippen molar-refractivity contribution in [1.29, 1.82) is 0 Å². The Morgan fingerprint density at radius 3 is 2.47 bits per heavy atom. The van der Waals surface area contributed by atoms with Gasteiger partial charge >= 0.3 is 0 Å². The second kappa shape index (κ2) is 5.60. The van der Waals surface area contributed by atoms with E-state index in [-0.39, 0.29) is 0 Å². The summed E-state index contributed by atoms with van der Waals surface area (Å²) in [4.78, 5) is 4.05. The van der Waals surface area contributed by atoms with Gasteiger partial charge in [-0.15, -0.1) is 0 Å². The van der Waals surface area contributed by atoms with Crippen molar-refractivity contribution in [3.8, 4) is 0 Å². The van der Waals surface area contributed by atoms with E-state index in [4.69, 9.17) is 0 Å². The molecule has 1 N–H and O–H groups in total. The SMILES string of the molecule is CCc1ccc(C(O)Cc2cccnc2)cc1. The highest BCUT2D eigenvalue weighted by molar-refractivity contribution is 5.25. The summed E-state index contributed by atoms with van der Waals surface area (Å²) < 4.78 is 0. The average Bonchev–Trinajstić information content (AvgIpc) is 2.40. The summed E-state index contributed by atoms with van der Waals surface area (Å²) in [5.74, 6) is 0. The van der Waals surface area contributed by atoms with Gasteiger partial charge in [0.1, 0.15) is 0 Å². The first-order valence-corrected chi connectivity index (χ1v) is 5.95. The largest absolute Gasteiger partial charge is 0.388 e. The fraction of sp³-hybridized carbons (Fsp3) is 0.267. The lowest BCUT2D eigenvalue weighted by atomic mass is 10.0. The summed E-state index contributed by atoms with van der Waals surface area (Å²) in [6, 6.07) is 12.0. The van der Waals surface area contributed by atoms with Gasteiger partial charge in [0.25, 0.3) is 0 Å². The highest BCUT2D eigenvalue weighted by Crippen LogP contribution is 2.18. The van der Waals surface area contributed by atoms with E-state index < -0.39 is 6.10 Å². The van der Waals surface area contributed by atoms with Crippen LogP contribution in [0.2, 0.25) is 0 Å².